The number of fused-ring (bicyclic) bond motifs is 1. The molecule has 5 heteroatoms. The molecule has 0 aromatic heterocycles. The minimum absolute atomic E-state index is 0.242. The van der Waals surface area contributed by atoms with Crippen LogP contribution in [0.4, 0.5) is 16.2 Å². The van der Waals surface area contributed by atoms with Crippen molar-refractivity contribution in [1.82, 2.24) is 0 Å². The van der Waals surface area contributed by atoms with Gasteiger partial charge >= 0.3 is 0 Å². The van der Waals surface area contributed by atoms with Gasteiger partial charge in [-0.2, -0.15) is 0 Å². The van der Waals surface area contributed by atoms with E-state index < -0.39 is 5.37 Å². The third-order valence-electron chi connectivity index (χ3n) is 4.18. The van der Waals surface area contributed by atoms with Crippen molar-refractivity contribution in [1.29, 1.82) is 0 Å². The lowest BCUT2D eigenvalue weighted by molar-refractivity contribution is -0.116. The maximum absolute atomic E-state index is 12.8. The summed E-state index contributed by atoms with van der Waals surface area (Å²) in [5.74, 6) is -0.242. The summed E-state index contributed by atoms with van der Waals surface area (Å²) in [4.78, 5) is 26.4. The third-order valence-corrected chi connectivity index (χ3v) is 5.12. The zero-order chi connectivity index (χ0) is 17.4. The molecule has 4 rings (SSSR count). The second-order valence-electron chi connectivity index (χ2n) is 5.95. The number of imide groups is 1. The molecule has 1 heterocycles. The first-order valence-corrected chi connectivity index (χ1v) is 8.87. The van der Waals surface area contributed by atoms with E-state index in [1.54, 1.807) is 6.07 Å². The van der Waals surface area contributed by atoms with Gasteiger partial charge in [0.15, 0.2) is 5.37 Å². The Morgan fingerprint density at radius 1 is 0.960 bits per heavy atom. The highest BCUT2D eigenvalue weighted by atomic mass is 32.2. The highest BCUT2D eigenvalue weighted by Gasteiger charge is 2.40. The SMILES string of the molecule is Cc1cccc(N2C(=O)S[C@H](Nc3cccc4ccccc34)C2=O)c1. The van der Waals surface area contributed by atoms with Gasteiger partial charge in [-0.1, -0.05) is 48.5 Å². The van der Waals surface area contributed by atoms with Crippen molar-refractivity contribution in [2.24, 2.45) is 0 Å². The van der Waals surface area contributed by atoms with Crippen LogP contribution in [-0.4, -0.2) is 16.5 Å². The van der Waals surface area contributed by atoms with Gasteiger partial charge < -0.3 is 5.32 Å². The molecule has 1 N–H and O–H groups in total. The van der Waals surface area contributed by atoms with Crippen LogP contribution in [0.1, 0.15) is 5.56 Å². The standard InChI is InChI=1S/C20H16N2O2S/c1-13-6-4-9-15(12-13)22-19(23)18(25-20(22)24)21-17-11-5-8-14-7-2-3-10-16(14)17/h2-12,18,21H,1H3/t18-/m0/s1. The molecule has 4 nitrogen and oxygen atoms in total. The quantitative estimate of drug-likeness (QED) is 0.739. The van der Waals surface area contributed by atoms with E-state index in [0.717, 1.165) is 33.8 Å². The highest BCUT2D eigenvalue weighted by molar-refractivity contribution is 8.16. The van der Waals surface area contributed by atoms with Crippen LogP contribution in [0.3, 0.4) is 0 Å². The molecular weight excluding hydrogens is 332 g/mol. The van der Waals surface area contributed by atoms with Crippen LogP contribution in [0, 0.1) is 6.92 Å². The molecule has 25 heavy (non-hydrogen) atoms. The molecule has 1 atom stereocenters. The number of carbonyl (C=O) groups is 2. The van der Waals surface area contributed by atoms with E-state index in [2.05, 4.69) is 5.32 Å². The Morgan fingerprint density at radius 2 is 1.72 bits per heavy atom. The summed E-state index contributed by atoms with van der Waals surface area (Å²) < 4.78 is 0. The topological polar surface area (TPSA) is 49.4 Å². The lowest BCUT2D eigenvalue weighted by atomic mass is 10.1. The molecule has 1 aliphatic heterocycles. The minimum Gasteiger partial charge on any atom is -0.365 e. The lowest BCUT2D eigenvalue weighted by Crippen LogP contribution is -2.34. The molecule has 3 aromatic rings. The largest absolute Gasteiger partial charge is 0.365 e. The fourth-order valence-corrected chi connectivity index (χ4v) is 3.89. The molecule has 0 unspecified atom stereocenters. The summed E-state index contributed by atoms with van der Waals surface area (Å²) in [5.41, 5.74) is 2.47. The molecule has 0 radical (unpaired) electrons. The van der Waals surface area contributed by atoms with Crippen molar-refractivity contribution in [3.05, 3.63) is 72.3 Å². The van der Waals surface area contributed by atoms with Gasteiger partial charge in [0, 0.05) is 11.1 Å². The summed E-state index contributed by atoms with van der Waals surface area (Å²) in [7, 11) is 0. The van der Waals surface area contributed by atoms with Gasteiger partial charge in [0.05, 0.1) is 5.69 Å². The number of anilines is 2. The molecular formula is C20H16N2O2S. The molecule has 1 aliphatic rings. The number of nitrogens with zero attached hydrogens (tertiary/aromatic N) is 1. The first-order chi connectivity index (χ1) is 12.1. The summed E-state index contributed by atoms with van der Waals surface area (Å²) >= 11 is 1.01. The predicted molar refractivity (Wildman–Crippen MR) is 103 cm³/mol. The maximum Gasteiger partial charge on any atom is 0.295 e. The fraction of sp³-hybridized carbons (Fsp3) is 0.100. The highest BCUT2D eigenvalue weighted by Crippen LogP contribution is 2.34. The van der Waals surface area contributed by atoms with Crippen LogP contribution in [0.2, 0.25) is 0 Å². The summed E-state index contributed by atoms with van der Waals surface area (Å²) in [5, 5.41) is 4.46. The Hall–Kier alpha value is -2.79. The van der Waals surface area contributed by atoms with Gasteiger partial charge in [-0.05, 0) is 47.8 Å². The second kappa shape index (κ2) is 6.26. The summed E-state index contributed by atoms with van der Waals surface area (Å²) in [6.07, 6.45) is 0. The fourth-order valence-electron chi connectivity index (χ4n) is 2.99. The van der Waals surface area contributed by atoms with Crippen molar-refractivity contribution in [2.75, 3.05) is 10.2 Å². The van der Waals surface area contributed by atoms with E-state index >= 15 is 0 Å². The number of rotatable bonds is 3. The third kappa shape index (κ3) is 2.87. The Kier molecular flexibility index (Phi) is 3.93. The van der Waals surface area contributed by atoms with Crippen molar-refractivity contribution in [3.8, 4) is 0 Å². The smallest absolute Gasteiger partial charge is 0.295 e. The number of nitrogens with one attached hydrogen (secondary N) is 1. The number of aryl methyl sites for hydroxylation is 1. The summed E-state index contributed by atoms with van der Waals surface area (Å²) in [6.45, 7) is 1.94. The zero-order valence-electron chi connectivity index (χ0n) is 13.6. The van der Waals surface area contributed by atoms with Crippen LogP contribution in [0.15, 0.2) is 66.7 Å². The number of carbonyl (C=O) groups excluding carboxylic acids is 2. The van der Waals surface area contributed by atoms with E-state index in [9.17, 15) is 9.59 Å². The van der Waals surface area contributed by atoms with Crippen molar-refractivity contribution >= 4 is 45.1 Å². The van der Waals surface area contributed by atoms with Gasteiger partial charge in [0.25, 0.3) is 11.1 Å². The normalized spacial score (nSPS) is 17.3. The summed E-state index contributed by atoms with van der Waals surface area (Å²) in [6, 6.07) is 21.3. The van der Waals surface area contributed by atoms with Gasteiger partial charge in [-0.15, -0.1) is 0 Å². The van der Waals surface area contributed by atoms with E-state index in [4.69, 9.17) is 0 Å². The second-order valence-corrected chi connectivity index (χ2v) is 7.00. The number of thioether (sulfide) groups is 1. The van der Waals surface area contributed by atoms with E-state index in [1.807, 2.05) is 67.6 Å². The number of benzene rings is 3. The van der Waals surface area contributed by atoms with Crippen LogP contribution >= 0.6 is 11.8 Å². The average Bonchev–Trinajstić information content (AvgIpc) is 2.89. The Balaban J connectivity index is 1.64. The molecule has 0 spiro atoms. The maximum atomic E-state index is 12.8. The average molecular weight is 348 g/mol. The first-order valence-electron chi connectivity index (χ1n) is 7.99. The Morgan fingerprint density at radius 3 is 2.56 bits per heavy atom. The first kappa shape index (κ1) is 15.7. The molecule has 0 bridgehead atoms. The van der Waals surface area contributed by atoms with Crippen LogP contribution in [0.25, 0.3) is 10.8 Å². The lowest BCUT2D eigenvalue weighted by Gasteiger charge is -2.16. The van der Waals surface area contributed by atoms with Crippen molar-refractivity contribution in [2.45, 2.75) is 12.3 Å². The number of amides is 2. The molecule has 2 amide bonds. The molecule has 0 saturated carbocycles. The van der Waals surface area contributed by atoms with Crippen LogP contribution in [0.5, 0.6) is 0 Å². The van der Waals surface area contributed by atoms with E-state index in [0.29, 0.717) is 5.69 Å². The van der Waals surface area contributed by atoms with Crippen molar-refractivity contribution in [3.63, 3.8) is 0 Å². The Labute approximate surface area is 149 Å². The van der Waals surface area contributed by atoms with E-state index in [1.165, 1.54) is 4.90 Å². The molecule has 1 fully saturated rings. The Bertz CT molecular complexity index is 981. The molecule has 0 aliphatic carbocycles. The van der Waals surface area contributed by atoms with Gasteiger partial charge in [0.1, 0.15) is 0 Å². The van der Waals surface area contributed by atoms with Gasteiger partial charge in [-0.3, -0.25) is 9.59 Å². The van der Waals surface area contributed by atoms with Crippen molar-refractivity contribution < 1.29 is 9.59 Å². The van der Waals surface area contributed by atoms with E-state index in [-0.39, 0.29) is 11.1 Å². The number of hydrogen-bond acceptors (Lipinski definition) is 4. The number of hydrogen-bond donors (Lipinski definition) is 1. The van der Waals surface area contributed by atoms with Gasteiger partial charge in [-0.25, -0.2) is 4.90 Å². The van der Waals surface area contributed by atoms with Crippen LogP contribution in [-0.2, 0) is 4.79 Å². The van der Waals surface area contributed by atoms with Crippen LogP contribution < -0.4 is 10.2 Å². The molecule has 1 saturated heterocycles. The zero-order valence-corrected chi connectivity index (χ0v) is 14.4. The molecule has 124 valence electrons. The molecule has 3 aromatic carbocycles. The monoisotopic (exact) mass is 348 g/mol. The minimum atomic E-state index is -0.626. The van der Waals surface area contributed by atoms with Gasteiger partial charge in [0.2, 0.25) is 0 Å². The predicted octanol–water partition coefficient (Wildman–Crippen LogP) is 4.79.